The number of Topliss-reactive ketones (excluding diaryl/α,β-unsaturated/α-hetero) is 1. The minimum Gasteiger partial charge on any atom is -0.473 e. The zero-order valence-corrected chi connectivity index (χ0v) is 16.2. The Balaban J connectivity index is 1.46. The number of anilines is 3. The number of hydrogen-bond donors (Lipinski definition) is 2. The molecule has 0 bridgehead atoms. The van der Waals surface area contributed by atoms with Crippen LogP contribution in [0.1, 0.15) is 22.3 Å². The summed E-state index contributed by atoms with van der Waals surface area (Å²) in [5, 5.41) is 6.85. The summed E-state index contributed by atoms with van der Waals surface area (Å²) in [6.07, 6.45) is 0.892. The van der Waals surface area contributed by atoms with E-state index in [1.807, 2.05) is 24.3 Å². The van der Waals surface area contributed by atoms with Crippen molar-refractivity contribution in [1.82, 2.24) is 10.2 Å². The fourth-order valence-electron chi connectivity index (χ4n) is 3.58. The molecule has 2 aromatic carbocycles. The predicted molar refractivity (Wildman–Crippen MR) is 110 cm³/mol. The number of fused-ring (bicyclic) bond motifs is 1. The maximum absolute atomic E-state index is 12.5. The molecule has 0 unspecified atom stereocenters. The van der Waals surface area contributed by atoms with Crippen LogP contribution in [-0.2, 0) is 17.6 Å². The summed E-state index contributed by atoms with van der Waals surface area (Å²) in [4.78, 5) is 14.6. The van der Waals surface area contributed by atoms with Crippen LogP contribution >= 0.6 is 0 Å². The van der Waals surface area contributed by atoms with Gasteiger partial charge in [0.25, 0.3) is 5.88 Å². The molecule has 0 spiro atoms. The van der Waals surface area contributed by atoms with E-state index in [1.54, 1.807) is 0 Å². The summed E-state index contributed by atoms with van der Waals surface area (Å²) in [5.74, 6) is 1.23. The lowest BCUT2D eigenvalue weighted by atomic mass is 9.98. The summed E-state index contributed by atoms with van der Waals surface area (Å²) in [5.41, 5.74) is 12.2. The van der Waals surface area contributed by atoms with E-state index in [0.717, 1.165) is 28.1 Å². The van der Waals surface area contributed by atoms with Gasteiger partial charge in [-0.15, -0.1) is 5.10 Å². The van der Waals surface area contributed by atoms with E-state index in [-0.39, 0.29) is 5.78 Å². The topological polar surface area (TPSA) is 84.2 Å². The second-order valence-electron chi connectivity index (χ2n) is 7.28. The molecule has 1 aliphatic rings. The van der Waals surface area contributed by atoms with E-state index in [2.05, 4.69) is 47.1 Å². The highest BCUT2D eigenvalue weighted by Gasteiger charge is 2.25. The number of nitrogen functional groups attached to an aromatic ring is 1. The Hall–Kier alpha value is -3.28. The minimum absolute atomic E-state index is 0.217. The molecule has 1 aliphatic heterocycles. The van der Waals surface area contributed by atoms with Gasteiger partial charge in [-0.3, -0.25) is 9.89 Å². The lowest BCUT2D eigenvalue weighted by Crippen LogP contribution is -2.28. The highest BCUT2D eigenvalue weighted by molar-refractivity contribution is 5.84. The van der Waals surface area contributed by atoms with Crippen molar-refractivity contribution in [2.45, 2.75) is 26.7 Å². The molecule has 0 atom stereocenters. The molecule has 0 radical (unpaired) electrons. The number of hydrogen-bond acceptors (Lipinski definition) is 5. The molecule has 0 saturated carbocycles. The Morgan fingerprint density at radius 2 is 1.96 bits per heavy atom. The molecule has 0 amide bonds. The first-order chi connectivity index (χ1) is 13.5. The molecule has 0 fully saturated rings. The van der Waals surface area contributed by atoms with Gasteiger partial charge in [0.15, 0.2) is 0 Å². The standard InChI is InChI=1S/C22H24N4O2/c1-14-3-4-15(2)17(11-14)13-19(27)12-16-5-7-18(8-6-16)26-9-10-28-22-20(26)21(23)24-25-22/h3-8,11H,9-10,12-13H2,1-2H3,(H3,23,24,25). The summed E-state index contributed by atoms with van der Waals surface area (Å²) in [6.45, 7) is 5.35. The van der Waals surface area contributed by atoms with E-state index in [0.29, 0.717) is 37.7 Å². The fraction of sp³-hybridized carbons (Fsp3) is 0.273. The lowest BCUT2D eigenvalue weighted by Gasteiger charge is -2.28. The molecule has 4 rings (SSSR count). The van der Waals surface area contributed by atoms with E-state index >= 15 is 0 Å². The quantitative estimate of drug-likeness (QED) is 0.712. The van der Waals surface area contributed by atoms with Crippen LogP contribution in [0.25, 0.3) is 0 Å². The van der Waals surface area contributed by atoms with Gasteiger partial charge in [-0.25, -0.2) is 0 Å². The first kappa shape index (κ1) is 18.1. The molecule has 3 N–H and O–H groups in total. The number of H-pyrrole nitrogens is 1. The number of nitrogens with two attached hydrogens (primary N) is 1. The lowest BCUT2D eigenvalue weighted by molar-refractivity contribution is -0.117. The van der Waals surface area contributed by atoms with Crippen LogP contribution in [0, 0.1) is 13.8 Å². The molecular weight excluding hydrogens is 352 g/mol. The first-order valence-electron chi connectivity index (χ1n) is 9.42. The van der Waals surface area contributed by atoms with Crippen molar-refractivity contribution < 1.29 is 9.53 Å². The van der Waals surface area contributed by atoms with Crippen LogP contribution in [0.4, 0.5) is 17.2 Å². The van der Waals surface area contributed by atoms with Crippen molar-refractivity contribution in [2.24, 2.45) is 0 Å². The number of aryl methyl sites for hydroxylation is 2. The van der Waals surface area contributed by atoms with Crippen LogP contribution in [0.5, 0.6) is 5.88 Å². The third-order valence-electron chi connectivity index (χ3n) is 5.10. The van der Waals surface area contributed by atoms with Crippen molar-refractivity contribution in [1.29, 1.82) is 0 Å². The van der Waals surface area contributed by atoms with Crippen LogP contribution < -0.4 is 15.4 Å². The highest BCUT2D eigenvalue weighted by Crippen LogP contribution is 2.39. The van der Waals surface area contributed by atoms with Gasteiger partial charge in [0.05, 0.1) is 6.54 Å². The first-order valence-corrected chi connectivity index (χ1v) is 9.42. The van der Waals surface area contributed by atoms with Crippen LogP contribution in [-0.4, -0.2) is 29.1 Å². The van der Waals surface area contributed by atoms with Crippen molar-refractivity contribution in [3.05, 3.63) is 64.7 Å². The van der Waals surface area contributed by atoms with E-state index in [1.165, 1.54) is 5.56 Å². The normalized spacial score (nSPS) is 13.1. The number of ketones is 1. The monoisotopic (exact) mass is 376 g/mol. The van der Waals surface area contributed by atoms with Crippen molar-refractivity contribution in [2.75, 3.05) is 23.8 Å². The molecule has 3 aromatic rings. The Morgan fingerprint density at radius 3 is 2.75 bits per heavy atom. The second-order valence-corrected chi connectivity index (χ2v) is 7.28. The van der Waals surface area contributed by atoms with Gasteiger partial charge < -0.3 is 15.4 Å². The van der Waals surface area contributed by atoms with Gasteiger partial charge >= 0.3 is 0 Å². The summed E-state index contributed by atoms with van der Waals surface area (Å²) in [6, 6.07) is 14.3. The highest BCUT2D eigenvalue weighted by atomic mass is 16.5. The van der Waals surface area contributed by atoms with Gasteiger partial charge in [-0.2, -0.15) is 0 Å². The van der Waals surface area contributed by atoms with E-state index < -0.39 is 0 Å². The average molecular weight is 376 g/mol. The third kappa shape index (κ3) is 3.58. The summed E-state index contributed by atoms with van der Waals surface area (Å²) >= 11 is 0. The van der Waals surface area contributed by atoms with Gasteiger partial charge in [-0.05, 0) is 42.7 Å². The van der Waals surface area contributed by atoms with Gasteiger partial charge in [-0.1, -0.05) is 35.9 Å². The second kappa shape index (κ2) is 7.38. The number of aromatic amines is 1. The van der Waals surface area contributed by atoms with E-state index in [4.69, 9.17) is 10.5 Å². The van der Waals surface area contributed by atoms with E-state index in [9.17, 15) is 4.79 Å². The van der Waals surface area contributed by atoms with Crippen LogP contribution in [0.15, 0.2) is 42.5 Å². The molecule has 28 heavy (non-hydrogen) atoms. The Kier molecular flexibility index (Phi) is 4.77. The minimum atomic E-state index is 0.217. The Labute approximate surface area is 164 Å². The predicted octanol–water partition coefficient (Wildman–Crippen LogP) is 3.49. The molecule has 0 aliphatic carbocycles. The molecule has 6 nitrogen and oxygen atoms in total. The largest absolute Gasteiger partial charge is 0.473 e. The van der Waals surface area contributed by atoms with Gasteiger partial charge in [0, 0.05) is 18.5 Å². The third-order valence-corrected chi connectivity index (χ3v) is 5.10. The SMILES string of the molecule is Cc1ccc(C)c(CC(=O)Cc2ccc(N3CCOc4n[nH]c(N)c43)cc2)c1. The van der Waals surface area contributed by atoms with Gasteiger partial charge in [0.2, 0.25) is 0 Å². The number of nitrogens with one attached hydrogen (secondary N) is 1. The number of aromatic nitrogens is 2. The zero-order chi connectivity index (χ0) is 19.7. The van der Waals surface area contributed by atoms with Crippen molar-refractivity contribution in [3.63, 3.8) is 0 Å². The Morgan fingerprint density at radius 1 is 1.18 bits per heavy atom. The average Bonchev–Trinajstić information content (AvgIpc) is 3.07. The van der Waals surface area contributed by atoms with Crippen LogP contribution in [0.3, 0.4) is 0 Å². The zero-order valence-electron chi connectivity index (χ0n) is 16.2. The summed E-state index contributed by atoms with van der Waals surface area (Å²) in [7, 11) is 0. The Bertz CT molecular complexity index is 1010. The number of nitrogens with zero attached hydrogens (tertiary/aromatic N) is 2. The maximum Gasteiger partial charge on any atom is 0.259 e. The fourth-order valence-corrected chi connectivity index (χ4v) is 3.58. The summed E-state index contributed by atoms with van der Waals surface area (Å²) < 4.78 is 5.54. The van der Waals surface area contributed by atoms with Crippen molar-refractivity contribution >= 4 is 23.0 Å². The molecule has 1 aromatic heterocycles. The molecule has 144 valence electrons. The number of benzene rings is 2. The number of carbonyl (C=O) groups excluding carboxylic acids is 1. The molecule has 2 heterocycles. The molecular formula is C22H24N4O2. The molecule has 0 saturated heterocycles. The smallest absolute Gasteiger partial charge is 0.259 e. The number of rotatable bonds is 5. The van der Waals surface area contributed by atoms with Crippen LogP contribution in [0.2, 0.25) is 0 Å². The number of ether oxygens (including phenoxy) is 1. The number of carbonyl (C=O) groups is 1. The maximum atomic E-state index is 12.5. The van der Waals surface area contributed by atoms with Gasteiger partial charge in [0.1, 0.15) is 23.9 Å². The van der Waals surface area contributed by atoms with Crippen molar-refractivity contribution in [3.8, 4) is 5.88 Å². The molecule has 6 heteroatoms.